The first-order chi connectivity index (χ1) is 7.35. The molecule has 0 fully saturated rings. The molecule has 1 aromatic carbocycles. The van der Waals surface area contributed by atoms with E-state index >= 15 is 0 Å². The number of rotatable bonds is 5. The van der Waals surface area contributed by atoms with E-state index in [1.54, 1.807) is 0 Å². The first kappa shape index (κ1) is 14.1. The summed E-state index contributed by atoms with van der Waals surface area (Å²) in [5.74, 6) is 0. The van der Waals surface area contributed by atoms with Gasteiger partial charge in [0.05, 0.1) is 6.61 Å². The third kappa shape index (κ3) is 9.44. The van der Waals surface area contributed by atoms with Crippen LogP contribution in [0.5, 0.6) is 0 Å². The number of ether oxygens (including phenoxy) is 2. The lowest BCUT2D eigenvalue weighted by Crippen LogP contribution is -1.90. The Kier molecular flexibility index (Phi) is 10.6. The standard InChI is InChI=1S/C9H12O.C4H10O/c1-2-10-8-9-6-4-3-5-7-9;1-3-5-4-2/h3-7H,2,8H2,1H3;3-4H2,1-2H3. The summed E-state index contributed by atoms with van der Waals surface area (Å²) in [5, 5.41) is 0. The van der Waals surface area contributed by atoms with Crippen molar-refractivity contribution in [1.29, 1.82) is 0 Å². The highest BCUT2D eigenvalue weighted by atomic mass is 16.5. The summed E-state index contributed by atoms with van der Waals surface area (Å²) in [6.07, 6.45) is 0. The van der Waals surface area contributed by atoms with E-state index in [1.807, 2.05) is 39.0 Å². The van der Waals surface area contributed by atoms with Crippen LogP contribution in [0.2, 0.25) is 0 Å². The molecular formula is C13H22O2. The van der Waals surface area contributed by atoms with Gasteiger partial charge in [-0.3, -0.25) is 0 Å². The molecule has 2 nitrogen and oxygen atoms in total. The molecule has 15 heavy (non-hydrogen) atoms. The minimum absolute atomic E-state index is 0.733. The van der Waals surface area contributed by atoms with E-state index < -0.39 is 0 Å². The number of hydrogen-bond acceptors (Lipinski definition) is 2. The van der Waals surface area contributed by atoms with Crippen LogP contribution in [-0.2, 0) is 16.1 Å². The van der Waals surface area contributed by atoms with Crippen molar-refractivity contribution < 1.29 is 9.47 Å². The minimum atomic E-state index is 0.733. The molecule has 0 bridgehead atoms. The molecule has 2 heteroatoms. The second-order valence-corrected chi connectivity index (χ2v) is 2.90. The second kappa shape index (κ2) is 11.2. The van der Waals surface area contributed by atoms with E-state index in [-0.39, 0.29) is 0 Å². The average molecular weight is 210 g/mol. The van der Waals surface area contributed by atoms with Crippen LogP contribution in [0.3, 0.4) is 0 Å². The molecule has 0 saturated carbocycles. The van der Waals surface area contributed by atoms with E-state index in [1.165, 1.54) is 5.56 Å². The zero-order chi connectivity index (χ0) is 11.4. The molecule has 0 radical (unpaired) electrons. The molecule has 0 N–H and O–H groups in total. The third-order valence-electron chi connectivity index (χ3n) is 1.72. The lowest BCUT2D eigenvalue weighted by molar-refractivity contribution is 0.134. The average Bonchev–Trinajstić information content (AvgIpc) is 2.30. The van der Waals surface area contributed by atoms with Crippen molar-refractivity contribution in [3.8, 4) is 0 Å². The van der Waals surface area contributed by atoms with Gasteiger partial charge in [0.2, 0.25) is 0 Å². The second-order valence-electron chi connectivity index (χ2n) is 2.90. The Morgan fingerprint density at radius 2 is 1.33 bits per heavy atom. The molecule has 0 aliphatic rings. The number of benzene rings is 1. The molecule has 1 rings (SSSR count). The Balaban J connectivity index is 0.000000336. The van der Waals surface area contributed by atoms with Crippen molar-refractivity contribution in [3.63, 3.8) is 0 Å². The molecule has 0 atom stereocenters. The Morgan fingerprint density at radius 1 is 0.800 bits per heavy atom. The highest BCUT2D eigenvalue weighted by molar-refractivity contribution is 5.13. The van der Waals surface area contributed by atoms with Crippen LogP contribution in [0.4, 0.5) is 0 Å². The summed E-state index contributed by atoms with van der Waals surface area (Å²) >= 11 is 0. The highest BCUT2D eigenvalue weighted by Gasteiger charge is 1.86. The maximum absolute atomic E-state index is 5.22. The summed E-state index contributed by atoms with van der Waals surface area (Å²) in [4.78, 5) is 0. The van der Waals surface area contributed by atoms with Gasteiger partial charge in [-0.1, -0.05) is 30.3 Å². The van der Waals surface area contributed by atoms with Gasteiger partial charge >= 0.3 is 0 Å². The first-order valence-electron chi connectivity index (χ1n) is 5.54. The van der Waals surface area contributed by atoms with Gasteiger partial charge in [0.1, 0.15) is 0 Å². The molecule has 0 aliphatic heterocycles. The summed E-state index contributed by atoms with van der Waals surface area (Å²) in [6.45, 7) is 9.19. The normalized spacial score (nSPS) is 9.27. The molecule has 0 amide bonds. The molecule has 86 valence electrons. The van der Waals surface area contributed by atoms with Gasteiger partial charge < -0.3 is 9.47 Å². The van der Waals surface area contributed by atoms with Crippen LogP contribution in [0.1, 0.15) is 26.3 Å². The lowest BCUT2D eigenvalue weighted by atomic mass is 10.2. The summed E-state index contributed by atoms with van der Waals surface area (Å²) in [5.41, 5.74) is 1.24. The maximum atomic E-state index is 5.22. The van der Waals surface area contributed by atoms with E-state index in [0.717, 1.165) is 26.4 Å². The van der Waals surface area contributed by atoms with Crippen molar-refractivity contribution in [2.24, 2.45) is 0 Å². The Bertz CT molecular complexity index is 207. The fraction of sp³-hybridized carbons (Fsp3) is 0.538. The Labute approximate surface area is 93.2 Å². The van der Waals surface area contributed by atoms with Crippen molar-refractivity contribution in [1.82, 2.24) is 0 Å². The van der Waals surface area contributed by atoms with Gasteiger partial charge in [-0.15, -0.1) is 0 Å². The predicted octanol–water partition coefficient (Wildman–Crippen LogP) is 3.27. The topological polar surface area (TPSA) is 18.5 Å². The monoisotopic (exact) mass is 210 g/mol. The van der Waals surface area contributed by atoms with Crippen molar-refractivity contribution in [2.75, 3.05) is 19.8 Å². The van der Waals surface area contributed by atoms with Crippen LogP contribution in [0.15, 0.2) is 30.3 Å². The first-order valence-corrected chi connectivity index (χ1v) is 5.54. The Hall–Kier alpha value is -0.860. The fourth-order valence-electron chi connectivity index (χ4n) is 0.998. The molecule has 1 aromatic rings. The van der Waals surface area contributed by atoms with E-state index in [4.69, 9.17) is 9.47 Å². The van der Waals surface area contributed by atoms with Crippen LogP contribution in [-0.4, -0.2) is 19.8 Å². The van der Waals surface area contributed by atoms with Gasteiger partial charge in [0, 0.05) is 19.8 Å². The molecule has 0 heterocycles. The Morgan fingerprint density at radius 3 is 1.73 bits per heavy atom. The van der Waals surface area contributed by atoms with Crippen molar-refractivity contribution in [2.45, 2.75) is 27.4 Å². The van der Waals surface area contributed by atoms with Gasteiger partial charge in [0.15, 0.2) is 0 Å². The zero-order valence-corrected chi connectivity index (χ0v) is 10.0. The van der Waals surface area contributed by atoms with Crippen molar-refractivity contribution >= 4 is 0 Å². The van der Waals surface area contributed by atoms with Crippen LogP contribution in [0, 0.1) is 0 Å². The lowest BCUT2D eigenvalue weighted by Gasteiger charge is -1.98. The van der Waals surface area contributed by atoms with Crippen LogP contribution < -0.4 is 0 Å². The SMILES string of the molecule is CCOCC.CCOCc1ccccc1. The van der Waals surface area contributed by atoms with E-state index in [0.29, 0.717) is 0 Å². The highest BCUT2D eigenvalue weighted by Crippen LogP contribution is 1.99. The van der Waals surface area contributed by atoms with Crippen LogP contribution >= 0.6 is 0 Å². The molecular weight excluding hydrogens is 188 g/mol. The maximum Gasteiger partial charge on any atom is 0.0716 e. The van der Waals surface area contributed by atoms with E-state index in [2.05, 4.69) is 12.1 Å². The molecule has 0 saturated heterocycles. The van der Waals surface area contributed by atoms with E-state index in [9.17, 15) is 0 Å². The summed E-state index contributed by atoms with van der Waals surface area (Å²) in [7, 11) is 0. The molecule has 0 unspecified atom stereocenters. The molecule has 0 aliphatic carbocycles. The largest absolute Gasteiger partial charge is 0.382 e. The quantitative estimate of drug-likeness (QED) is 0.742. The molecule has 0 aromatic heterocycles. The summed E-state index contributed by atoms with van der Waals surface area (Å²) < 4.78 is 10.1. The zero-order valence-electron chi connectivity index (χ0n) is 10.0. The summed E-state index contributed by atoms with van der Waals surface area (Å²) in [6, 6.07) is 10.2. The third-order valence-corrected chi connectivity index (χ3v) is 1.72. The van der Waals surface area contributed by atoms with Crippen molar-refractivity contribution in [3.05, 3.63) is 35.9 Å². The van der Waals surface area contributed by atoms with Gasteiger partial charge in [-0.25, -0.2) is 0 Å². The van der Waals surface area contributed by atoms with Gasteiger partial charge in [-0.05, 0) is 26.3 Å². The minimum Gasteiger partial charge on any atom is -0.382 e. The number of hydrogen-bond donors (Lipinski definition) is 0. The molecule has 0 spiro atoms. The van der Waals surface area contributed by atoms with Gasteiger partial charge in [-0.2, -0.15) is 0 Å². The van der Waals surface area contributed by atoms with Gasteiger partial charge in [0.25, 0.3) is 0 Å². The predicted molar refractivity (Wildman–Crippen MR) is 63.9 cm³/mol. The smallest absolute Gasteiger partial charge is 0.0716 e. The van der Waals surface area contributed by atoms with Crippen LogP contribution in [0.25, 0.3) is 0 Å². The fourth-order valence-corrected chi connectivity index (χ4v) is 0.998.